The average Bonchev–Trinajstić information content (AvgIpc) is 2.49. The number of carbonyl (C=O) groups excluding carboxylic acids is 2. The zero-order valence-corrected chi connectivity index (χ0v) is 13.5. The Balaban J connectivity index is 2.11. The minimum Gasteiger partial charge on any atom is -0.355 e. The maximum atomic E-state index is 12.3. The van der Waals surface area contributed by atoms with Gasteiger partial charge in [0.25, 0.3) is 5.56 Å². The van der Waals surface area contributed by atoms with Crippen molar-refractivity contribution < 1.29 is 9.59 Å². The minimum atomic E-state index is -0.426. The highest BCUT2D eigenvalue weighted by atomic mass is 79.9. The summed E-state index contributed by atoms with van der Waals surface area (Å²) >= 11 is 3.30. The molecule has 0 saturated carbocycles. The summed E-state index contributed by atoms with van der Waals surface area (Å²) in [5.74, 6) is -0.701. The van der Waals surface area contributed by atoms with Gasteiger partial charge in [-0.2, -0.15) is 0 Å². The van der Waals surface area contributed by atoms with Gasteiger partial charge in [-0.25, -0.2) is 4.98 Å². The van der Waals surface area contributed by atoms with Crippen molar-refractivity contribution in [1.29, 1.82) is 0 Å². The molecule has 2 N–H and O–H groups in total. The molecule has 0 aliphatic heterocycles. The lowest BCUT2D eigenvalue weighted by atomic mass is 10.2. The number of hydrogen-bond donors (Lipinski definition) is 2. The lowest BCUT2D eigenvalue weighted by Crippen LogP contribution is -2.39. The van der Waals surface area contributed by atoms with E-state index in [-0.39, 0.29) is 24.6 Å². The molecule has 7 nitrogen and oxygen atoms in total. The molecule has 0 spiro atoms. The number of likely N-dealkylation sites (N-methyl/N-ethyl adjacent to an activating group) is 1. The summed E-state index contributed by atoms with van der Waals surface area (Å²) in [6.45, 7) is 1.98. The summed E-state index contributed by atoms with van der Waals surface area (Å²) in [5.41, 5.74) is 0.256. The molecule has 0 bridgehead atoms. The topological polar surface area (TPSA) is 93.1 Å². The van der Waals surface area contributed by atoms with Crippen LogP contribution in [-0.2, 0) is 16.1 Å². The molecule has 0 unspecified atom stereocenters. The first-order valence-corrected chi connectivity index (χ1v) is 7.48. The van der Waals surface area contributed by atoms with Crippen LogP contribution in [0.4, 0.5) is 0 Å². The molecule has 8 heteroatoms. The van der Waals surface area contributed by atoms with Crippen molar-refractivity contribution in [3.8, 4) is 0 Å². The summed E-state index contributed by atoms with van der Waals surface area (Å²) < 4.78 is 1.97. The number of aromatic nitrogens is 2. The number of fused-ring (bicyclic) bond motifs is 1. The predicted octanol–water partition coefficient (Wildman–Crippen LogP) is 0.411. The molecule has 1 heterocycles. The van der Waals surface area contributed by atoms with Crippen molar-refractivity contribution in [1.82, 2.24) is 20.2 Å². The number of amides is 2. The van der Waals surface area contributed by atoms with E-state index >= 15 is 0 Å². The first kappa shape index (κ1) is 16.2. The van der Waals surface area contributed by atoms with Crippen molar-refractivity contribution >= 4 is 38.6 Å². The lowest BCUT2D eigenvalue weighted by Gasteiger charge is -2.08. The second kappa shape index (κ2) is 7.17. The number of rotatable bonds is 5. The lowest BCUT2D eigenvalue weighted by molar-refractivity contribution is -0.126. The average molecular weight is 367 g/mol. The molecular formula is C14H15BrN4O3. The molecule has 0 atom stereocenters. The van der Waals surface area contributed by atoms with Crippen molar-refractivity contribution in [2.45, 2.75) is 13.5 Å². The fourth-order valence-corrected chi connectivity index (χ4v) is 2.25. The second-order valence-electron chi connectivity index (χ2n) is 4.57. The zero-order chi connectivity index (χ0) is 16.1. The Bertz CT molecular complexity index is 772. The Morgan fingerprint density at radius 3 is 2.77 bits per heavy atom. The highest BCUT2D eigenvalue weighted by Crippen LogP contribution is 2.14. The van der Waals surface area contributed by atoms with Gasteiger partial charge < -0.3 is 10.6 Å². The van der Waals surface area contributed by atoms with Gasteiger partial charge in [-0.3, -0.25) is 19.0 Å². The van der Waals surface area contributed by atoms with Gasteiger partial charge in [-0.1, -0.05) is 15.9 Å². The Hall–Kier alpha value is -2.22. The summed E-state index contributed by atoms with van der Waals surface area (Å²) in [4.78, 5) is 39.5. The number of nitrogens with zero attached hydrogens (tertiary/aromatic N) is 2. The smallest absolute Gasteiger partial charge is 0.261 e. The van der Waals surface area contributed by atoms with Gasteiger partial charge in [0, 0.05) is 11.0 Å². The first-order valence-electron chi connectivity index (χ1n) is 6.69. The molecule has 0 saturated heterocycles. The van der Waals surface area contributed by atoms with E-state index in [0.717, 1.165) is 4.47 Å². The normalized spacial score (nSPS) is 10.5. The van der Waals surface area contributed by atoms with Crippen molar-refractivity contribution in [3.05, 3.63) is 39.4 Å². The molecular weight excluding hydrogens is 352 g/mol. The van der Waals surface area contributed by atoms with Gasteiger partial charge in [0.1, 0.15) is 6.54 Å². The van der Waals surface area contributed by atoms with Gasteiger partial charge >= 0.3 is 0 Å². The zero-order valence-electron chi connectivity index (χ0n) is 11.9. The van der Waals surface area contributed by atoms with Gasteiger partial charge in [0.05, 0.1) is 23.8 Å². The summed E-state index contributed by atoms with van der Waals surface area (Å²) in [6.07, 6.45) is 1.32. The number of carbonyl (C=O) groups is 2. The number of halogens is 1. The fraction of sp³-hybridized carbons (Fsp3) is 0.286. The van der Waals surface area contributed by atoms with E-state index in [0.29, 0.717) is 17.4 Å². The van der Waals surface area contributed by atoms with E-state index in [1.807, 2.05) is 0 Å². The monoisotopic (exact) mass is 366 g/mol. The van der Waals surface area contributed by atoms with Crippen LogP contribution in [0.2, 0.25) is 0 Å². The minimum absolute atomic E-state index is 0.117. The quantitative estimate of drug-likeness (QED) is 0.801. The van der Waals surface area contributed by atoms with E-state index < -0.39 is 5.91 Å². The van der Waals surface area contributed by atoms with E-state index in [1.165, 1.54) is 10.9 Å². The van der Waals surface area contributed by atoms with Gasteiger partial charge in [-0.05, 0) is 25.1 Å². The Morgan fingerprint density at radius 1 is 1.27 bits per heavy atom. The van der Waals surface area contributed by atoms with Crippen molar-refractivity contribution in [2.75, 3.05) is 13.1 Å². The molecule has 2 rings (SSSR count). The molecule has 1 aromatic carbocycles. The van der Waals surface area contributed by atoms with Gasteiger partial charge in [0.15, 0.2) is 0 Å². The van der Waals surface area contributed by atoms with Crippen LogP contribution in [0.25, 0.3) is 10.9 Å². The highest BCUT2D eigenvalue weighted by Gasteiger charge is 2.09. The van der Waals surface area contributed by atoms with Crippen molar-refractivity contribution in [2.24, 2.45) is 0 Å². The van der Waals surface area contributed by atoms with E-state index in [2.05, 4.69) is 31.5 Å². The summed E-state index contributed by atoms with van der Waals surface area (Å²) in [7, 11) is 0. The third-order valence-electron chi connectivity index (χ3n) is 2.92. The second-order valence-corrected chi connectivity index (χ2v) is 5.49. The van der Waals surface area contributed by atoms with Gasteiger partial charge in [-0.15, -0.1) is 0 Å². The van der Waals surface area contributed by atoms with E-state index in [4.69, 9.17) is 0 Å². The molecule has 0 aliphatic carbocycles. The summed E-state index contributed by atoms with van der Waals surface area (Å²) in [5, 5.41) is 5.45. The molecule has 22 heavy (non-hydrogen) atoms. The SMILES string of the molecule is CCNC(=O)CNC(=O)Cn1cnc2ccc(Br)cc2c1=O. The van der Waals surface area contributed by atoms with Crippen LogP contribution in [0, 0.1) is 0 Å². The van der Waals surface area contributed by atoms with Gasteiger partial charge in [0.2, 0.25) is 11.8 Å². The van der Waals surface area contributed by atoms with Crippen LogP contribution >= 0.6 is 15.9 Å². The van der Waals surface area contributed by atoms with E-state index in [9.17, 15) is 14.4 Å². The predicted molar refractivity (Wildman–Crippen MR) is 85.4 cm³/mol. The molecule has 2 aromatic rings. The Kier molecular flexibility index (Phi) is 5.26. The first-order chi connectivity index (χ1) is 10.5. The number of nitrogens with one attached hydrogen (secondary N) is 2. The molecule has 2 amide bonds. The standard InChI is InChI=1S/C14H15BrN4O3/c1-2-16-12(20)6-17-13(21)7-19-8-18-11-4-3-9(15)5-10(11)14(19)22/h3-5,8H,2,6-7H2,1H3,(H,16,20)(H,17,21). The maximum absolute atomic E-state index is 12.3. The van der Waals surface area contributed by atoms with Crippen LogP contribution in [-0.4, -0.2) is 34.5 Å². The Morgan fingerprint density at radius 2 is 2.05 bits per heavy atom. The third kappa shape index (κ3) is 3.91. The van der Waals surface area contributed by atoms with Crippen LogP contribution < -0.4 is 16.2 Å². The molecule has 116 valence electrons. The van der Waals surface area contributed by atoms with Crippen LogP contribution in [0.15, 0.2) is 33.8 Å². The number of benzene rings is 1. The molecule has 1 aromatic heterocycles. The van der Waals surface area contributed by atoms with Crippen LogP contribution in [0.1, 0.15) is 6.92 Å². The van der Waals surface area contributed by atoms with E-state index in [1.54, 1.807) is 25.1 Å². The van der Waals surface area contributed by atoms with Crippen LogP contribution in [0.5, 0.6) is 0 Å². The van der Waals surface area contributed by atoms with Crippen LogP contribution in [0.3, 0.4) is 0 Å². The van der Waals surface area contributed by atoms with Crippen molar-refractivity contribution in [3.63, 3.8) is 0 Å². The fourth-order valence-electron chi connectivity index (χ4n) is 1.89. The summed E-state index contributed by atoms with van der Waals surface area (Å²) in [6, 6.07) is 5.17. The molecule has 0 fully saturated rings. The maximum Gasteiger partial charge on any atom is 0.261 e. The third-order valence-corrected chi connectivity index (χ3v) is 3.41. The largest absolute Gasteiger partial charge is 0.355 e. The molecule has 0 aliphatic rings. The molecule has 0 radical (unpaired) electrons. The Labute approximate surface area is 134 Å². The number of hydrogen-bond acceptors (Lipinski definition) is 4. The highest BCUT2D eigenvalue weighted by molar-refractivity contribution is 9.10.